The van der Waals surface area contributed by atoms with Crippen LogP contribution in [0.3, 0.4) is 0 Å². The van der Waals surface area contributed by atoms with E-state index in [2.05, 4.69) is 0 Å². The van der Waals surface area contributed by atoms with Crippen molar-refractivity contribution in [1.29, 1.82) is 0 Å². The molecular formula is C8H9Cl2N. The maximum Gasteiger partial charge on any atom is 0.0741 e. The Morgan fingerprint density at radius 2 is 1.82 bits per heavy atom. The van der Waals surface area contributed by atoms with Crippen molar-refractivity contribution in [2.24, 2.45) is 0 Å². The van der Waals surface area contributed by atoms with Crippen molar-refractivity contribution in [3.63, 3.8) is 0 Å². The van der Waals surface area contributed by atoms with Crippen LogP contribution >= 0.6 is 23.6 Å². The van der Waals surface area contributed by atoms with Crippen molar-refractivity contribution in [3.8, 4) is 0 Å². The van der Waals surface area contributed by atoms with Gasteiger partial charge in [-0.25, -0.2) is 0 Å². The summed E-state index contributed by atoms with van der Waals surface area (Å²) in [5, 5.41) is 0. The third-order valence-electron chi connectivity index (χ3n) is 1.76. The molecule has 0 aromatic heterocycles. The average Bonchev–Trinajstić information content (AvgIpc) is 1.94. The van der Waals surface area contributed by atoms with Crippen LogP contribution in [0.4, 0.5) is 5.69 Å². The van der Waals surface area contributed by atoms with E-state index >= 15 is 0 Å². The summed E-state index contributed by atoms with van der Waals surface area (Å²) in [6.07, 6.45) is 0. The molecule has 0 spiro atoms. The molecule has 0 aliphatic rings. The lowest BCUT2D eigenvalue weighted by Gasteiger charge is -2.10. The summed E-state index contributed by atoms with van der Waals surface area (Å²) in [6.45, 7) is 4.01. The van der Waals surface area contributed by atoms with E-state index in [0.717, 1.165) is 15.2 Å². The van der Waals surface area contributed by atoms with Gasteiger partial charge in [0.1, 0.15) is 0 Å². The predicted molar refractivity (Wildman–Crippen MR) is 50.1 cm³/mol. The van der Waals surface area contributed by atoms with E-state index in [1.807, 2.05) is 32.0 Å². The quantitative estimate of drug-likeness (QED) is 0.613. The number of halogens is 2. The first-order valence-electron chi connectivity index (χ1n) is 3.31. The van der Waals surface area contributed by atoms with Crippen LogP contribution in [0.15, 0.2) is 18.2 Å². The molecule has 0 aliphatic heterocycles. The largest absolute Gasteiger partial charge is 0.194 e. The second-order valence-electron chi connectivity index (χ2n) is 2.45. The van der Waals surface area contributed by atoms with E-state index in [0.29, 0.717) is 0 Å². The number of hydrogen-bond acceptors (Lipinski definition) is 1. The minimum Gasteiger partial charge on any atom is -0.194 e. The van der Waals surface area contributed by atoms with Crippen molar-refractivity contribution in [2.75, 3.05) is 3.94 Å². The zero-order chi connectivity index (χ0) is 8.43. The summed E-state index contributed by atoms with van der Waals surface area (Å²) < 4.78 is 1.09. The molecule has 0 unspecified atom stereocenters. The first kappa shape index (κ1) is 8.69. The fraction of sp³-hybridized carbons (Fsp3) is 0.250. The molecule has 3 heteroatoms. The highest BCUT2D eigenvalue weighted by Gasteiger charge is 2.04. The van der Waals surface area contributed by atoms with Crippen molar-refractivity contribution in [3.05, 3.63) is 29.3 Å². The number of hydrogen-bond donors (Lipinski definition) is 0. The van der Waals surface area contributed by atoms with Crippen LogP contribution in [0.25, 0.3) is 0 Å². The molecule has 11 heavy (non-hydrogen) atoms. The van der Waals surface area contributed by atoms with Gasteiger partial charge in [-0.2, -0.15) is 3.94 Å². The summed E-state index contributed by atoms with van der Waals surface area (Å²) in [4.78, 5) is 0. The first-order valence-corrected chi connectivity index (χ1v) is 3.98. The lowest BCUT2D eigenvalue weighted by Crippen LogP contribution is -1.95. The molecule has 0 aliphatic carbocycles. The van der Waals surface area contributed by atoms with Gasteiger partial charge in [0.15, 0.2) is 0 Å². The van der Waals surface area contributed by atoms with Crippen molar-refractivity contribution < 1.29 is 0 Å². The molecule has 0 N–H and O–H groups in total. The molecular weight excluding hydrogens is 181 g/mol. The Morgan fingerprint density at radius 1 is 1.18 bits per heavy atom. The molecule has 1 aromatic carbocycles. The predicted octanol–water partition coefficient (Wildman–Crippen LogP) is 3.42. The fourth-order valence-corrected chi connectivity index (χ4v) is 1.28. The number of benzene rings is 1. The van der Waals surface area contributed by atoms with Gasteiger partial charge in [0.2, 0.25) is 0 Å². The van der Waals surface area contributed by atoms with Crippen LogP contribution in [-0.4, -0.2) is 0 Å². The molecule has 1 nitrogen and oxygen atoms in total. The Kier molecular flexibility index (Phi) is 2.63. The van der Waals surface area contributed by atoms with Gasteiger partial charge in [-0.3, -0.25) is 0 Å². The third-order valence-corrected chi connectivity index (χ3v) is 2.12. The molecule has 0 amide bonds. The average molecular weight is 190 g/mol. The van der Waals surface area contributed by atoms with E-state index in [1.54, 1.807) is 0 Å². The Labute approximate surface area is 76.8 Å². The molecule has 0 atom stereocenters. The highest BCUT2D eigenvalue weighted by molar-refractivity contribution is 6.49. The fourth-order valence-electron chi connectivity index (χ4n) is 0.919. The van der Waals surface area contributed by atoms with Crippen LogP contribution in [-0.2, 0) is 0 Å². The van der Waals surface area contributed by atoms with Crippen LogP contribution in [0.2, 0.25) is 0 Å². The second kappa shape index (κ2) is 3.33. The van der Waals surface area contributed by atoms with Crippen LogP contribution < -0.4 is 3.94 Å². The van der Waals surface area contributed by atoms with Gasteiger partial charge in [0.25, 0.3) is 0 Å². The van der Waals surface area contributed by atoms with Crippen molar-refractivity contribution >= 4 is 29.2 Å². The molecule has 0 fully saturated rings. The Hall–Kier alpha value is -0.400. The lowest BCUT2D eigenvalue weighted by atomic mass is 10.1. The number of anilines is 1. The normalized spacial score (nSPS) is 9.82. The number of rotatable bonds is 1. The standard InChI is InChI=1S/C8H9Cl2N/c1-6-4-3-5-8(7(6)2)11(9)10/h3-5H,1-2H3. The van der Waals surface area contributed by atoms with Crippen LogP contribution in [0.5, 0.6) is 0 Å². The molecule has 60 valence electrons. The Balaban J connectivity index is 3.17. The molecule has 1 aromatic rings. The van der Waals surface area contributed by atoms with E-state index in [9.17, 15) is 0 Å². The van der Waals surface area contributed by atoms with Gasteiger partial charge in [-0.05, 0) is 31.0 Å². The van der Waals surface area contributed by atoms with Gasteiger partial charge in [-0.15, -0.1) is 0 Å². The van der Waals surface area contributed by atoms with Gasteiger partial charge < -0.3 is 0 Å². The van der Waals surface area contributed by atoms with Gasteiger partial charge in [-0.1, -0.05) is 12.1 Å². The summed E-state index contributed by atoms with van der Waals surface area (Å²) >= 11 is 11.2. The van der Waals surface area contributed by atoms with E-state index in [1.165, 1.54) is 5.56 Å². The van der Waals surface area contributed by atoms with Crippen molar-refractivity contribution in [1.82, 2.24) is 0 Å². The number of nitrogens with zero attached hydrogens (tertiary/aromatic N) is 1. The molecule has 0 heterocycles. The van der Waals surface area contributed by atoms with E-state index in [4.69, 9.17) is 23.6 Å². The smallest absolute Gasteiger partial charge is 0.0741 e. The monoisotopic (exact) mass is 189 g/mol. The SMILES string of the molecule is Cc1cccc(N(Cl)Cl)c1C. The lowest BCUT2D eigenvalue weighted by molar-refractivity contribution is 1.32. The van der Waals surface area contributed by atoms with Crippen LogP contribution in [0.1, 0.15) is 11.1 Å². The van der Waals surface area contributed by atoms with E-state index < -0.39 is 0 Å². The number of aryl methyl sites for hydroxylation is 1. The highest BCUT2D eigenvalue weighted by Crippen LogP contribution is 2.25. The minimum absolute atomic E-state index is 0.841. The zero-order valence-electron chi connectivity index (χ0n) is 6.44. The van der Waals surface area contributed by atoms with Crippen molar-refractivity contribution in [2.45, 2.75) is 13.8 Å². The maximum absolute atomic E-state index is 5.58. The van der Waals surface area contributed by atoms with Crippen LogP contribution in [0, 0.1) is 13.8 Å². The maximum atomic E-state index is 5.58. The summed E-state index contributed by atoms with van der Waals surface area (Å²) in [7, 11) is 0. The van der Waals surface area contributed by atoms with Gasteiger partial charge >= 0.3 is 0 Å². The summed E-state index contributed by atoms with van der Waals surface area (Å²) in [6, 6.07) is 5.83. The topological polar surface area (TPSA) is 3.24 Å². The molecule has 0 bridgehead atoms. The Morgan fingerprint density at radius 3 is 2.27 bits per heavy atom. The molecule has 0 saturated carbocycles. The second-order valence-corrected chi connectivity index (χ2v) is 3.30. The molecule has 1 rings (SSSR count). The van der Waals surface area contributed by atoms with Gasteiger partial charge in [0, 0.05) is 23.6 Å². The highest BCUT2D eigenvalue weighted by atomic mass is 35.5. The van der Waals surface area contributed by atoms with Gasteiger partial charge in [0.05, 0.1) is 5.69 Å². The Bertz CT molecular complexity index is 258. The third kappa shape index (κ3) is 1.79. The zero-order valence-corrected chi connectivity index (χ0v) is 7.95. The first-order chi connectivity index (χ1) is 5.13. The summed E-state index contributed by atoms with van der Waals surface area (Å²) in [5.41, 5.74) is 3.14. The summed E-state index contributed by atoms with van der Waals surface area (Å²) in [5.74, 6) is 0. The van der Waals surface area contributed by atoms with E-state index in [-0.39, 0.29) is 0 Å². The minimum atomic E-state index is 0.841. The molecule has 0 saturated heterocycles. The molecule has 0 radical (unpaired) electrons.